The van der Waals surface area contributed by atoms with E-state index in [9.17, 15) is 9.59 Å². The van der Waals surface area contributed by atoms with Gasteiger partial charge in [0.05, 0.1) is 16.9 Å². The van der Waals surface area contributed by atoms with Gasteiger partial charge in [-0.1, -0.05) is 32.4 Å². The van der Waals surface area contributed by atoms with Crippen LogP contribution in [0.25, 0.3) is 0 Å². The molecule has 2 aliphatic heterocycles. The summed E-state index contributed by atoms with van der Waals surface area (Å²) in [5.41, 5.74) is 1.50. The quantitative estimate of drug-likeness (QED) is 0.556. The molecule has 2 aliphatic rings. The largest absolute Gasteiger partial charge is 0.336 e. The van der Waals surface area contributed by atoms with Gasteiger partial charge in [-0.3, -0.25) is 9.69 Å². The number of anilines is 3. The SMILES string of the molecule is CCCN(CCC)C[C@@H]1CCCCN1CCNC(=O)N1c2ccccc2C(=O)Nc2cccnc21. The second-order valence-corrected chi connectivity index (χ2v) is 9.40. The van der Waals surface area contributed by atoms with Crippen LogP contribution in [0.15, 0.2) is 42.6 Å². The van der Waals surface area contributed by atoms with Gasteiger partial charge in [-0.25, -0.2) is 14.7 Å². The first-order valence-corrected chi connectivity index (χ1v) is 13.0. The minimum Gasteiger partial charge on any atom is -0.336 e. The van der Waals surface area contributed by atoms with Crippen LogP contribution in [0.1, 0.15) is 56.3 Å². The zero-order valence-corrected chi connectivity index (χ0v) is 21.0. The Bertz CT molecular complexity index is 1010. The Morgan fingerprint density at radius 3 is 2.74 bits per heavy atom. The lowest BCUT2D eigenvalue weighted by Crippen LogP contribution is -2.50. The number of likely N-dealkylation sites (tertiary alicyclic amines) is 1. The highest BCUT2D eigenvalue weighted by Gasteiger charge is 2.30. The number of aromatic nitrogens is 1. The third kappa shape index (κ3) is 6.00. The normalized spacial score (nSPS) is 18.0. The summed E-state index contributed by atoms with van der Waals surface area (Å²) in [7, 11) is 0. The van der Waals surface area contributed by atoms with Crippen molar-refractivity contribution in [2.75, 3.05) is 49.5 Å². The molecule has 188 valence electrons. The van der Waals surface area contributed by atoms with Crippen LogP contribution in [0, 0.1) is 0 Å². The van der Waals surface area contributed by atoms with E-state index in [1.54, 1.807) is 36.5 Å². The maximum absolute atomic E-state index is 13.5. The Labute approximate surface area is 208 Å². The van der Waals surface area contributed by atoms with Gasteiger partial charge in [0.2, 0.25) is 0 Å². The fourth-order valence-electron chi connectivity index (χ4n) is 5.21. The molecule has 2 N–H and O–H groups in total. The fourth-order valence-corrected chi connectivity index (χ4v) is 5.21. The van der Waals surface area contributed by atoms with Gasteiger partial charge in [0, 0.05) is 31.9 Å². The summed E-state index contributed by atoms with van der Waals surface area (Å²) >= 11 is 0. The number of hydrogen-bond acceptors (Lipinski definition) is 5. The van der Waals surface area contributed by atoms with Crippen molar-refractivity contribution in [1.29, 1.82) is 0 Å². The second-order valence-electron chi connectivity index (χ2n) is 9.40. The van der Waals surface area contributed by atoms with E-state index in [4.69, 9.17) is 0 Å². The van der Waals surface area contributed by atoms with Crippen LogP contribution in [0.4, 0.5) is 22.0 Å². The molecular formula is C27H38N6O2. The lowest BCUT2D eigenvalue weighted by Gasteiger charge is -2.39. The molecule has 3 heterocycles. The summed E-state index contributed by atoms with van der Waals surface area (Å²) in [4.78, 5) is 37.3. The molecule has 0 aliphatic carbocycles. The van der Waals surface area contributed by atoms with Gasteiger partial charge in [0.1, 0.15) is 0 Å². The van der Waals surface area contributed by atoms with Gasteiger partial charge >= 0.3 is 6.03 Å². The van der Waals surface area contributed by atoms with Crippen molar-refractivity contribution in [1.82, 2.24) is 20.1 Å². The number of nitrogens with one attached hydrogen (secondary N) is 2. The number of pyridine rings is 1. The molecule has 0 radical (unpaired) electrons. The minimum atomic E-state index is -0.277. The zero-order chi connectivity index (χ0) is 24.6. The molecule has 0 bridgehead atoms. The van der Waals surface area contributed by atoms with Gasteiger partial charge in [0.25, 0.3) is 5.91 Å². The van der Waals surface area contributed by atoms with Crippen molar-refractivity contribution >= 4 is 29.1 Å². The smallest absolute Gasteiger partial charge is 0.327 e. The number of benzene rings is 1. The average Bonchev–Trinajstić information content (AvgIpc) is 2.99. The molecule has 1 aromatic carbocycles. The zero-order valence-electron chi connectivity index (χ0n) is 21.0. The van der Waals surface area contributed by atoms with E-state index < -0.39 is 0 Å². The first-order chi connectivity index (χ1) is 17.1. The van der Waals surface area contributed by atoms with Gasteiger partial charge in [-0.2, -0.15) is 0 Å². The Hall–Kier alpha value is -2.97. The molecule has 2 aromatic rings. The topological polar surface area (TPSA) is 80.8 Å². The van der Waals surface area contributed by atoms with E-state index in [0.717, 1.165) is 32.7 Å². The minimum absolute atomic E-state index is 0.245. The maximum atomic E-state index is 13.5. The van der Waals surface area contributed by atoms with E-state index in [0.29, 0.717) is 35.3 Å². The molecule has 1 aromatic heterocycles. The highest BCUT2D eigenvalue weighted by atomic mass is 16.2. The van der Waals surface area contributed by atoms with Crippen LogP contribution in [0.5, 0.6) is 0 Å². The van der Waals surface area contributed by atoms with Crippen LogP contribution in [0.3, 0.4) is 0 Å². The van der Waals surface area contributed by atoms with Gasteiger partial charge in [-0.05, 0) is 69.6 Å². The van der Waals surface area contributed by atoms with E-state index in [1.807, 2.05) is 6.07 Å². The molecule has 3 amide bonds. The van der Waals surface area contributed by atoms with E-state index in [-0.39, 0.29) is 11.9 Å². The summed E-state index contributed by atoms with van der Waals surface area (Å²) < 4.78 is 0. The summed E-state index contributed by atoms with van der Waals surface area (Å²) in [5, 5.41) is 5.98. The number of hydrogen-bond donors (Lipinski definition) is 2. The number of rotatable bonds is 9. The van der Waals surface area contributed by atoms with Crippen LogP contribution in [0.2, 0.25) is 0 Å². The number of carbonyl (C=O) groups excluding carboxylic acids is 2. The van der Waals surface area contributed by atoms with Crippen LogP contribution < -0.4 is 15.5 Å². The third-order valence-electron chi connectivity index (χ3n) is 6.81. The lowest BCUT2D eigenvalue weighted by molar-refractivity contribution is 0.102. The molecule has 1 fully saturated rings. The van der Waals surface area contributed by atoms with Crippen molar-refractivity contribution in [3.63, 3.8) is 0 Å². The number of carbonyl (C=O) groups is 2. The number of para-hydroxylation sites is 1. The highest BCUT2D eigenvalue weighted by Crippen LogP contribution is 2.36. The van der Waals surface area contributed by atoms with Crippen molar-refractivity contribution < 1.29 is 9.59 Å². The second kappa shape index (κ2) is 12.1. The van der Waals surface area contributed by atoms with Crippen molar-refractivity contribution in [2.24, 2.45) is 0 Å². The molecule has 0 spiro atoms. The van der Waals surface area contributed by atoms with Crippen molar-refractivity contribution in [3.05, 3.63) is 48.2 Å². The first-order valence-electron chi connectivity index (χ1n) is 13.0. The molecule has 8 nitrogen and oxygen atoms in total. The Morgan fingerprint density at radius 2 is 1.94 bits per heavy atom. The monoisotopic (exact) mass is 478 g/mol. The predicted molar refractivity (Wildman–Crippen MR) is 140 cm³/mol. The van der Waals surface area contributed by atoms with E-state index in [2.05, 4.69) is 39.3 Å². The molecular weight excluding hydrogens is 440 g/mol. The van der Waals surface area contributed by atoms with Crippen LogP contribution >= 0.6 is 0 Å². The number of nitrogens with zero attached hydrogens (tertiary/aromatic N) is 4. The van der Waals surface area contributed by atoms with Gasteiger partial charge < -0.3 is 15.5 Å². The Morgan fingerprint density at radius 1 is 1.14 bits per heavy atom. The predicted octanol–water partition coefficient (Wildman–Crippen LogP) is 4.47. The maximum Gasteiger partial charge on any atom is 0.327 e. The van der Waals surface area contributed by atoms with Crippen molar-refractivity contribution in [3.8, 4) is 0 Å². The summed E-state index contributed by atoms with van der Waals surface area (Å²) in [6.45, 7) is 10.3. The molecule has 35 heavy (non-hydrogen) atoms. The number of piperidine rings is 1. The van der Waals surface area contributed by atoms with Crippen molar-refractivity contribution in [2.45, 2.75) is 52.0 Å². The third-order valence-corrected chi connectivity index (χ3v) is 6.81. The highest BCUT2D eigenvalue weighted by molar-refractivity contribution is 6.16. The summed E-state index contributed by atoms with van der Waals surface area (Å²) in [6, 6.07) is 10.9. The molecule has 0 unspecified atom stereocenters. The van der Waals surface area contributed by atoms with Crippen LogP contribution in [-0.4, -0.2) is 72.0 Å². The van der Waals surface area contributed by atoms with Crippen LogP contribution in [-0.2, 0) is 0 Å². The first kappa shape index (κ1) is 25.1. The molecule has 0 saturated carbocycles. The standard InChI is InChI=1S/C27H38N6O2/c1-3-16-31(17-4-2)20-21-10-7-8-18-32(21)19-15-29-27(35)33-24-13-6-5-11-22(24)26(34)30-23-12-9-14-28-25(23)33/h5-6,9,11-14,21H,3-4,7-8,10,15-20H2,1-2H3,(H,29,35)(H,30,34)/t21-/m0/s1. The number of amides is 3. The van der Waals surface area contributed by atoms with Gasteiger partial charge in [0.15, 0.2) is 5.82 Å². The van der Waals surface area contributed by atoms with E-state index >= 15 is 0 Å². The Kier molecular flexibility index (Phi) is 8.71. The summed E-state index contributed by atoms with van der Waals surface area (Å²) in [5.74, 6) is 0.180. The number of fused-ring (bicyclic) bond motifs is 2. The number of urea groups is 1. The lowest BCUT2D eigenvalue weighted by atomic mass is 10.0. The summed E-state index contributed by atoms with van der Waals surface area (Å²) in [6.07, 6.45) is 7.67. The molecule has 1 saturated heterocycles. The Balaban J connectivity index is 1.44. The fraction of sp³-hybridized carbons (Fsp3) is 0.519. The van der Waals surface area contributed by atoms with Gasteiger partial charge in [-0.15, -0.1) is 0 Å². The molecule has 4 rings (SSSR count). The average molecular weight is 479 g/mol. The van der Waals surface area contributed by atoms with E-state index in [1.165, 1.54) is 37.0 Å². The molecule has 8 heteroatoms. The molecule has 1 atom stereocenters.